The van der Waals surface area contributed by atoms with E-state index >= 15 is 0 Å². The summed E-state index contributed by atoms with van der Waals surface area (Å²) in [7, 11) is 0. The monoisotopic (exact) mass is 481 g/mol. The number of halogens is 1. The number of hydrogen-bond acceptors (Lipinski definition) is 4. The van der Waals surface area contributed by atoms with Crippen LogP contribution in [0.3, 0.4) is 0 Å². The van der Waals surface area contributed by atoms with E-state index in [4.69, 9.17) is 16.3 Å². The van der Waals surface area contributed by atoms with Crippen LogP contribution in [0.4, 0.5) is 10.5 Å². The highest BCUT2D eigenvalue weighted by Crippen LogP contribution is 2.25. The summed E-state index contributed by atoms with van der Waals surface area (Å²) in [5, 5.41) is 4.87. The van der Waals surface area contributed by atoms with E-state index in [1.165, 1.54) is 0 Å². The number of fused-ring (bicyclic) bond motifs is 1. The number of piperidine rings is 1. The van der Waals surface area contributed by atoms with Gasteiger partial charge in [0.15, 0.2) is 0 Å². The summed E-state index contributed by atoms with van der Waals surface area (Å²) in [6.45, 7) is 3.24. The van der Waals surface area contributed by atoms with Crippen LogP contribution < -0.4 is 10.9 Å². The maximum Gasteiger partial charge on any atom is 0.409 e. The van der Waals surface area contributed by atoms with Crippen molar-refractivity contribution in [2.45, 2.75) is 38.6 Å². The lowest BCUT2D eigenvalue weighted by atomic mass is 10.0. The first kappa shape index (κ1) is 23.8. The van der Waals surface area contributed by atoms with E-state index in [1.807, 2.05) is 24.3 Å². The number of nitrogens with one attached hydrogen (secondary N) is 1. The molecule has 4 rings (SSSR count). The highest BCUT2D eigenvalue weighted by atomic mass is 35.5. The molecule has 0 bridgehead atoms. The van der Waals surface area contributed by atoms with Crippen LogP contribution in [-0.2, 0) is 16.0 Å². The van der Waals surface area contributed by atoms with Crippen molar-refractivity contribution in [1.29, 1.82) is 0 Å². The number of anilines is 1. The second kappa shape index (κ2) is 10.7. The molecule has 1 aliphatic rings. The van der Waals surface area contributed by atoms with Crippen LogP contribution in [0.1, 0.15) is 37.8 Å². The second-order valence-electron chi connectivity index (χ2n) is 8.39. The maximum absolute atomic E-state index is 13.3. The minimum Gasteiger partial charge on any atom is -0.450 e. The summed E-state index contributed by atoms with van der Waals surface area (Å²) in [6, 6.07) is 14.7. The molecule has 0 spiro atoms. The molecular formula is C26H28ClN3O4. The van der Waals surface area contributed by atoms with Crippen LogP contribution in [0.5, 0.6) is 0 Å². The van der Waals surface area contributed by atoms with Crippen LogP contribution in [0, 0.1) is 0 Å². The predicted molar refractivity (Wildman–Crippen MR) is 133 cm³/mol. The summed E-state index contributed by atoms with van der Waals surface area (Å²) in [6.07, 6.45) is 3.75. The number of amides is 2. The van der Waals surface area contributed by atoms with Crippen molar-refractivity contribution in [1.82, 2.24) is 9.47 Å². The molecule has 1 N–H and O–H groups in total. The van der Waals surface area contributed by atoms with Gasteiger partial charge >= 0.3 is 6.09 Å². The van der Waals surface area contributed by atoms with Crippen molar-refractivity contribution in [3.05, 3.63) is 75.7 Å². The molecule has 1 aliphatic heterocycles. The first-order chi connectivity index (χ1) is 16.5. The number of carbonyl (C=O) groups is 2. The Bertz CT molecular complexity index is 1250. The van der Waals surface area contributed by atoms with Gasteiger partial charge in [0.25, 0.3) is 5.56 Å². The van der Waals surface area contributed by atoms with Crippen molar-refractivity contribution in [2.24, 2.45) is 0 Å². The summed E-state index contributed by atoms with van der Waals surface area (Å²) in [5.74, 6) is -0.122. The number of hydrogen-bond donors (Lipinski definition) is 1. The molecule has 1 aromatic heterocycles. The average molecular weight is 482 g/mol. The van der Waals surface area contributed by atoms with Gasteiger partial charge in [-0.1, -0.05) is 29.8 Å². The molecule has 2 aromatic carbocycles. The molecule has 7 nitrogen and oxygen atoms in total. The zero-order chi connectivity index (χ0) is 24.1. The molecule has 178 valence electrons. The number of nitrogens with zero attached hydrogens (tertiary/aromatic N) is 2. The van der Waals surface area contributed by atoms with Gasteiger partial charge in [0, 0.05) is 53.2 Å². The van der Waals surface area contributed by atoms with E-state index in [-0.39, 0.29) is 23.6 Å². The minimum absolute atomic E-state index is 0.0125. The molecule has 0 saturated carbocycles. The Balaban J connectivity index is 1.45. The van der Waals surface area contributed by atoms with Gasteiger partial charge in [0.1, 0.15) is 0 Å². The normalized spacial score (nSPS) is 14.2. The highest BCUT2D eigenvalue weighted by Gasteiger charge is 2.25. The fraction of sp³-hybridized carbons (Fsp3) is 0.346. The Morgan fingerprint density at radius 3 is 2.59 bits per heavy atom. The van der Waals surface area contributed by atoms with Gasteiger partial charge in [-0.2, -0.15) is 0 Å². The summed E-state index contributed by atoms with van der Waals surface area (Å²) >= 11 is 6.02. The second-order valence-corrected chi connectivity index (χ2v) is 8.83. The van der Waals surface area contributed by atoms with Gasteiger partial charge in [0.2, 0.25) is 5.91 Å². The molecule has 2 heterocycles. The van der Waals surface area contributed by atoms with Crippen molar-refractivity contribution in [2.75, 3.05) is 25.0 Å². The molecule has 8 heteroatoms. The van der Waals surface area contributed by atoms with Gasteiger partial charge in [-0.05, 0) is 62.1 Å². The number of likely N-dealkylation sites (tertiary alicyclic amines) is 1. The molecule has 0 radical (unpaired) electrons. The largest absolute Gasteiger partial charge is 0.450 e. The van der Waals surface area contributed by atoms with Gasteiger partial charge in [-0.15, -0.1) is 0 Å². The van der Waals surface area contributed by atoms with Crippen LogP contribution in [0.15, 0.2) is 59.5 Å². The quantitative estimate of drug-likeness (QED) is 0.536. The number of rotatable bonds is 6. The smallest absolute Gasteiger partial charge is 0.409 e. The Morgan fingerprint density at radius 1 is 1.09 bits per heavy atom. The van der Waals surface area contributed by atoms with E-state index in [0.717, 1.165) is 5.56 Å². The first-order valence-electron chi connectivity index (χ1n) is 11.6. The Hall–Kier alpha value is -3.32. The molecule has 1 fully saturated rings. The van der Waals surface area contributed by atoms with E-state index in [2.05, 4.69) is 5.32 Å². The van der Waals surface area contributed by atoms with Gasteiger partial charge in [-0.3, -0.25) is 9.59 Å². The van der Waals surface area contributed by atoms with Crippen LogP contribution in [-0.4, -0.2) is 41.2 Å². The van der Waals surface area contributed by atoms with E-state index < -0.39 is 0 Å². The van der Waals surface area contributed by atoms with E-state index in [9.17, 15) is 14.4 Å². The topological polar surface area (TPSA) is 80.6 Å². The molecule has 1 saturated heterocycles. The van der Waals surface area contributed by atoms with E-state index in [1.54, 1.807) is 46.9 Å². The number of benzene rings is 2. The van der Waals surface area contributed by atoms with Crippen LogP contribution >= 0.6 is 11.6 Å². The third-order valence-electron chi connectivity index (χ3n) is 6.16. The summed E-state index contributed by atoms with van der Waals surface area (Å²) < 4.78 is 6.82. The lowest BCUT2D eigenvalue weighted by Gasteiger charge is -2.32. The molecular weight excluding hydrogens is 454 g/mol. The lowest BCUT2D eigenvalue weighted by molar-refractivity contribution is -0.116. The van der Waals surface area contributed by atoms with Crippen LogP contribution in [0.2, 0.25) is 5.02 Å². The number of aromatic nitrogens is 1. The fourth-order valence-electron chi connectivity index (χ4n) is 4.39. The van der Waals surface area contributed by atoms with Crippen molar-refractivity contribution in [3.63, 3.8) is 0 Å². The average Bonchev–Trinajstić information content (AvgIpc) is 2.84. The number of pyridine rings is 1. The lowest BCUT2D eigenvalue weighted by Crippen LogP contribution is -2.41. The molecule has 0 atom stereocenters. The third kappa shape index (κ3) is 5.42. The predicted octanol–water partition coefficient (Wildman–Crippen LogP) is 5.02. The molecule has 34 heavy (non-hydrogen) atoms. The maximum atomic E-state index is 13.3. The van der Waals surface area contributed by atoms with Gasteiger partial charge < -0.3 is 19.5 Å². The summed E-state index contributed by atoms with van der Waals surface area (Å²) in [4.78, 5) is 39.5. The fourth-order valence-corrected chi connectivity index (χ4v) is 4.61. The number of aryl methyl sites for hydroxylation is 1. The minimum atomic E-state index is -0.303. The SMILES string of the molecule is CCOC(=O)N1CCC(n2ccc3c(NC(=O)CCc4cccc(Cl)c4)cccc3c2=O)CC1. The Labute approximate surface area is 203 Å². The van der Waals surface area contributed by atoms with Crippen molar-refractivity contribution >= 4 is 40.1 Å². The van der Waals surface area contributed by atoms with Gasteiger partial charge in [-0.25, -0.2) is 4.79 Å². The van der Waals surface area contributed by atoms with E-state index in [0.29, 0.717) is 66.9 Å². The Kier molecular flexibility index (Phi) is 7.53. The van der Waals surface area contributed by atoms with Crippen molar-refractivity contribution < 1.29 is 14.3 Å². The third-order valence-corrected chi connectivity index (χ3v) is 6.40. The Morgan fingerprint density at radius 2 is 1.85 bits per heavy atom. The molecule has 2 amide bonds. The van der Waals surface area contributed by atoms with Crippen molar-refractivity contribution in [3.8, 4) is 0 Å². The zero-order valence-electron chi connectivity index (χ0n) is 19.1. The first-order valence-corrected chi connectivity index (χ1v) is 11.9. The molecule has 3 aromatic rings. The molecule has 0 unspecified atom stereocenters. The zero-order valence-corrected chi connectivity index (χ0v) is 19.9. The van der Waals surface area contributed by atoms with Crippen LogP contribution in [0.25, 0.3) is 10.8 Å². The standard InChI is InChI=1S/C26H28ClN3O4/c1-2-34-26(33)29-14-11-20(12-15-29)30-16-13-21-22(25(30)32)7-4-8-23(21)28-24(31)10-9-18-5-3-6-19(27)17-18/h3-8,13,16-17,20H,2,9-12,14-15H2,1H3,(H,28,31). The van der Waals surface area contributed by atoms with Gasteiger partial charge in [0.05, 0.1) is 6.61 Å². The molecule has 0 aliphatic carbocycles. The highest BCUT2D eigenvalue weighted by molar-refractivity contribution is 6.30. The summed E-state index contributed by atoms with van der Waals surface area (Å²) in [5.41, 5.74) is 1.52. The number of carbonyl (C=O) groups excluding carboxylic acids is 2. The number of ether oxygens (including phenoxy) is 1.